The first-order valence-electron chi connectivity index (χ1n) is 7.61. The van der Waals surface area contributed by atoms with Gasteiger partial charge in [-0.25, -0.2) is 9.97 Å². The van der Waals surface area contributed by atoms with E-state index in [9.17, 15) is 4.79 Å². The molecule has 4 rings (SSSR count). The Balaban J connectivity index is 1.64. The van der Waals surface area contributed by atoms with E-state index in [4.69, 9.17) is 0 Å². The number of benzene rings is 1. The molecule has 0 radical (unpaired) electrons. The van der Waals surface area contributed by atoms with Gasteiger partial charge in [-0.1, -0.05) is 12.1 Å². The van der Waals surface area contributed by atoms with Crippen LogP contribution in [0.4, 0.5) is 5.69 Å². The number of nitrogens with one attached hydrogen (secondary N) is 1. The van der Waals surface area contributed by atoms with Gasteiger partial charge in [-0.2, -0.15) is 11.3 Å². The van der Waals surface area contributed by atoms with Gasteiger partial charge < -0.3 is 9.88 Å². The van der Waals surface area contributed by atoms with E-state index in [1.165, 1.54) is 11.3 Å². The predicted molar refractivity (Wildman–Crippen MR) is 102 cm³/mol. The van der Waals surface area contributed by atoms with Crippen LogP contribution in [0, 0.1) is 6.92 Å². The van der Waals surface area contributed by atoms with E-state index in [0.29, 0.717) is 4.88 Å². The summed E-state index contributed by atoms with van der Waals surface area (Å²) in [5.41, 5.74) is 3.39. The number of carbonyl (C=O) groups is 1. The number of nitrogens with zero attached hydrogens (tertiary/aromatic N) is 3. The zero-order chi connectivity index (χ0) is 17.2. The largest absolute Gasteiger partial charge is 0.319 e. The molecule has 1 N–H and O–H groups in total. The first kappa shape index (κ1) is 15.7. The van der Waals surface area contributed by atoms with Crippen molar-refractivity contribution in [3.05, 3.63) is 70.4 Å². The molecule has 0 aliphatic heterocycles. The Morgan fingerprint density at radius 2 is 2.12 bits per heavy atom. The summed E-state index contributed by atoms with van der Waals surface area (Å²) in [6.45, 7) is 1.86. The number of hydrogen-bond acceptors (Lipinski definition) is 5. The molecule has 5 nitrogen and oxygen atoms in total. The van der Waals surface area contributed by atoms with Crippen LogP contribution in [0.15, 0.2) is 59.8 Å². The molecule has 0 fully saturated rings. The third-order valence-corrected chi connectivity index (χ3v) is 5.59. The van der Waals surface area contributed by atoms with E-state index in [2.05, 4.69) is 15.3 Å². The highest BCUT2D eigenvalue weighted by Gasteiger charge is 2.17. The maximum Gasteiger partial charge on any atom is 0.267 e. The number of para-hydroxylation sites is 2. The maximum absolute atomic E-state index is 12.8. The van der Waals surface area contributed by atoms with Crippen LogP contribution in [0.3, 0.4) is 0 Å². The van der Waals surface area contributed by atoms with Crippen LogP contribution in [0.5, 0.6) is 0 Å². The molecule has 3 aromatic heterocycles. The van der Waals surface area contributed by atoms with Crippen LogP contribution >= 0.6 is 22.7 Å². The minimum absolute atomic E-state index is 0.149. The van der Waals surface area contributed by atoms with E-state index in [0.717, 1.165) is 27.6 Å². The fraction of sp³-hybridized carbons (Fsp3) is 0.0556. The van der Waals surface area contributed by atoms with Crippen LogP contribution in [-0.2, 0) is 0 Å². The molecule has 0 spiro atoms. The third-order valence-electron chi connectivity index (χ3n) is 3.71. The van der Waals surface area contributed by atoms with Crippen LogP contribution in [0.2, 0.25) is 0 Å². The quantitative estimate of drug-likeness (QED) is 0.573. The van der Waals surface area contributed by atoms with Crippen molar-refractivity contribution in [3.8, 4) is 16.3 Å². The standard InChI is InChI=1S/C18H14N4OS2/c1-12-16(25-18(20-12)13-6-9-24-10-13)17(23)21-14-4-2-3-5-15(14)22-8-7-19-11-22/h2-11H,1H3,(H,21,23). The van der Waals surface area contributed by atoms with Crippen molar-refractivity contribution in [2.75, 3.05) is 5.32 Å². The molecule has 3 heterocycles. The number of carbonyl (C=O) groups excluding carboxylic acids is 1. The second-order valence-electron chi connectivity index (χ2n) is 5.39. The molecule has 0 bridgehead atoms. The van der Waals surface area contributed by atoms with Crippen LogP contribution in [-0.4, -0.2) is 20.4 Å². The molecule has 1 aromatic carbocycles. The molecular formula is C18H14N4OS2. The summed E-state index contributed by atoms with van der Waals surface area (Å²) in [7, 11) is 0. The van der Waals surface area contributed by atoms with E-state index in [1.54, 1.807) is 23.9 Å². The number of thiazole rings is 1. The van der Waals surface area contributed by atoms with Gasteiger partial charge in [0.15, 0.2) is 0 Å². The molecule has 0 aliphatic carbocycles. The highest BCUT2D eigenvalue weighted by molar-refractivity contribution is 7.17. The van der Waals surface area contributed by atoms with Gasteiger partial charge in [0.25, 0.3) is 5.91 Å². The number of aryl methyl sites for hydroxylation is 1. The monoisotopic (exact) mass is 366 g/mol. The summed E-state index contributed by atoms with van der Waals surface area (Å²) in [5, 5.41) is 7.91. The van der Waals surface area contributed by atoms with Gasteiger partial charge in [-0.3, -0.25) is 4.79 Å². The number of rotatable bonds is 4. The van der Waals surface area contributed by atoms with Crippen molar-refractivity contribution in [1.29, 1.82) is 0 Å². The molecule has 1 amide bonds. The topological polar surface area (TPSA) is 59.8 Å². The lowest BCUT2D eigenvalue weighted by Gasteiger charge is -2.11. The minimum atomic E-state index is -0.149. The van der Waals surface area contributed by atoms with Crippen LogP contribution in [0.25, 0.3) is 16.3 Å². The zero-order valence-electron chi connectivity index (χ0n) is 13.3. The summed E-state index contributed by atoms with van der Waals surface area (Å²) in [4.78, 5) is 22.0. The molecule has 0 aliphatic rings. The minimum Gasteiger partial charge on any atom is -0.319 e. The van der Waals surface area contributed by atoms with Crippen molar-refractivity contribution in [2.45, 2.75) is 6.92 Å². The molecule has 0 saturated heterocycles. The zero-order valence-corrected chi connectivity index (χ0v) is 15.0. The van der Waals surface area contributed by atoms with Gasteiger partial charge in [0.1, 0.15) is 9.88 Å². The number of anilines is 1. The average molecular weight is 366 g/mol. The highest BCUT2D eigenvalue weighted by atomic mass is 32.1. The predicted octanol–water partition coefficient (Wildman–Crippen LogP) is 4.62. The van der Waals surface area contributed by atoms with Crippen molar-refractivity contribution in [3.63, 3.8) is 0 Å². The average Bonchev–Trinajstić information content (AvgIpc) is 3.37. The van der Waals surface area contributed by atoms with E-state index in [1.807, 2.05) is 58.8 Å². The van der Waals surface area contributed by atoms with E-state index < -0.39 is 0 Å². The number of thiophene rings is 1. The van der Waals surface area contributed by atoms with Gasteiger partial charge >= 0.3 is 0 Å². The Hall–Kier alpha value is -2.77. The van der Waals surface area contributed by atoms with Gasteiger partial charge in [0.2, 0.25) is 0 Å². The van der Waals surface area contributed by atoms with Crippen molar-refractivity contribution in [1.82, 2.24) is 14.5 Å². The maximum atomic E-state index is 12.8. The van der Waals surface area contributed by atoms with Gasteiger partial charge in [-0.15, -0.1) is 11.3 Å². The second-order valence-corrected chi connectivity index (χ2v) is 7.17. The number of aromatic nitrogens is 3. The second kappa shape index (κ2) is 6.62. The normalized spacial score (nSPS) is 10.8. The third kappa shape index (κ3) is 3.11. The molecule has 0 unspecified atom stereocenters. The molecule has 4 aromatic rings. The lowest BCUT2D eigenvalue weighted by molar-refractivity contribution is 0.103. The summed E-state index contributed by atoms with van der Waals surface area (Å²) >= 11 is 3.03. The molecule has 7 heteroatoms. The summed E-state index contributed by atoms with van der Waals surface area (Å²) in [6, 6.07) is 9.65. The van der Waals surface area contributed by atoms with Gasteiger partial charge in [-0.05, 0) is 30.5 Å². The Labute approximate surface area is 152 Å². The molecule has 0 atom stereocenters. The molecule has 0 saturated carbocycles. The Bertz CT molecular complexity index is 1000. The number of imidazole rings is 1. The summed E-state index contributed by atoms with van der Waals surface area (Å²) < 4.78 is 1.87. The van der Waals surface area contributed by atoms with Gasteiger partial charge in [0.05, 0.1) is 23.4 Å². The first-order valence-corrected chi connectivity index (χ1v) is 9.37. The van der Waals surface area contributed by atoms with Crippen LogP contribution in [0.1, 0.15) is 15.4 Å². The highest BCUT2D eigenvalue weighted by Crippen LogP contribution is 2.30. The fourth-order valence-electron chi connectivity index (χ4n) is 2.50. The molecule has 25 heavy (non-hydrogen) atoms. The van der Waals surface area contributed by atoms with Crippen molar-refractivity contribution >= 4 is 34.3 Å². The van der Waals surface area contributed by atoms with Crippen molar-refractivity contribution < 1.29 is 4.79 Å². The number of amides is 1. The summed E-state index contributed by atoms with van der Waals surface area (Å²) in [5.74, 6) is -0.149. The molecule has 124 valence electrons. The lowest BCUT2D eigenvalue weighted by Crippen LogP contribution is -2.13. The summed E-state index contributed by atoms with van der Waals surface area (Å²) in [6.07, 6.45) is 5.26. The number of hydrogen-bond donors (Lipinski definition) is 1. The fourth-order valence-corrected chi connectivity index (χ4v) is 4.17. The lowest BCUT2D eigenvalue weighted by atomic mass is 10.2. The first-order chi connectivity index (χ1) is 12.2. The Morgan fingerprint density at radius 1 is 1.24 bits per heavy atom. The molecular weight excluding hydrogens is 352 g/mol. The van der Waals surface area contributed by atoms with Crippen molar-refractivity contribution in [2.24, 2.45) is 0 Å². The smallest absolute Gasteiger partial charge is 0.267 e. The Morgan fingerprint density at radius 3 is 2.88 bits per heavy atom. The van der Waals surface area contributed by atoms with Gasteiger partial charge in [0, 0.05) is 23.3 Å². The Kier molecular flexibility index (Phi) is 4.17. The van der Waals surface area contributed by atoms with E-state index in [-0.39, 0.29) is 5.91 Å². The SMILES string of the molecule is Cc1nc(-c2ccsc2)sc1C(=O)Nc1ccccc1-n1ccnc1. The van der Waals surface area contributed by atoms with E-state index >= 15 is 0 Å². The van der Waals surface area contributed by atoms with Crippen LogP contribution < -0.4 is 5.32 Å².